The van der Waals surface area contributed by atoms with Gasteiger partial charge >= 0.3 is 0 Å². The molecular weight excluding hydrogens is 304 g/mol. The first-order chi connectivity index (χ1) is 11.8. The standard InChI is InChI=1S/C20H36O4/c1-3-5-7-9-17-13-23-20(24-14-17)12-11-18-15-21-19(22-16-18)10-8-6-4-2/h3,17-20H,1,4-16H2,2H3. The molecule has 0 aromatic rings. The average Bonchev–Trinajstić information content (AvgIpc) is 2.63. The molecule has 0 saturated carbocycles. The van der Waals surface area contributed by atoms with Crippen molar-refractivity contribution in [1.29, 1.82) is 0 Å². The Kier molecular flexibility index (Phi) is 9.96. The van der Waals surface area contributed by atoms with E-state index in [4.69, 9.17) is 18.9 Å². The van der Waals surface area contributed by atoms with Gasteiger partial charge in [0, 0.05) is 11.8 Å². The summed E-state index contributed by atoms with van der Waals surface area (Å²) in [6, 6.07) is 0. The third-order valence-electron chi connectivity index (χ3n) is 4.95. The van der Waals surface area contributed by atoms with Crippen LogP contribution in [0.5, 0.6) is 0 Å². The van der Waals surface area contributed by atoms with Crippen molar-refractivity contribution in [2.45, 2.75) is 77.3 Å². The summed E-state index contributed by atoms with van der Waals surface area (Å²) in [5.74, 6) is 1.02. The van der Waals surface area contributed by atoms with Crippen molar-refractivity contribution >= 4 is 0 Å². The van der Waals surface area contributed by atoms with Gasteiger partial charge in [0.15, 0.2) is 12.6 Å². The Morgan fingerprint density at radius 1 is 0.750 bits per heavy atom. The van der Waals surface area contributed by atoms with Crippen LogP contribution < -0.4 is 0 Å². The average molecular weight is 341 g/mol. The molecule has 0 unspecified atom stereocenters. The summed E-state index contributed by atoms with van der Waals surface area (Å²) in [5.41, 5.74) is 0. The summed E-state index contributed by atoms with van der Waals surface area (Å²) in [6.07, 6.45) is 12.1. The van der Waals surface area contributed by atoms with E-state index in [0.717, 1.165) is 52.1 Å². The Bertz CT molecular complexity index is 318. The second kappa shape index (κ2) is 12.0. The van der Waals surface area contributed by atoms with Gasteiger partial charge in [-0.1, -0.05) is 25.8 Å². The fourth-order valence-electron chi connectivity index (χ4n) is 3.32. The maximum atomic E-state index is 5.87. The van der Waals surface area contributed by atoms with E-state index in [1.54, 1.807) is 0 Å². The van der Waals surface area contributed by atoms with Crippen LogP contribution in [-0.2, 0) is 18.9 Å². The SMILES string of the molecule is C=CCCCC1COC(CCC2COC(CCCCC)OC2)OC1. The van der Waals surface area contributed by atoms with Crippen molar-refractivity contribution in [1.82, 2.24) is 0 Å². The molecule has 2 fully saturated rings. The van der Waals surface area contributed by atoms with Crippen LogP contribution in [0.2, 0.25) is 0 Å². The van der Waals surface area contributed by atoms with Crippen molar-refractivity contribution in [3.05, 3.63) is 12.7 Å². The largest absolute Gasteiger partial charge is 0.352 e. The predicted molar refractivity (Wildman–Crippen MR) is 95.8 cm³/mol. The van der Waals surface area contributed by atoms with Crippen molar-refractivity contribution in [3.8, 4) is 0 Å². The van der Waals surface area contributed by atoms with Gasteiger partial charge in [-0.25, -0.2) is 0 Å². The first-order valence-electron chi connectivity index (χ1n) is 9.89. The topological polar surface area (TPSA) is 36.9 Å². The van der Waals surface area contributed by atoms with E-state index in [9.17, 15) is 0 Å². The Hall–Kier alpha value is -0.420. The van der Waals surface area contributed by atoms with Gasteiger partial charge in [0.1, 0.15) is 0 Å². The number of hydrogen-bond donors (Lipinski definition) is 0. The van der Waals surface area contributed by atoms with E-state index in [0.29, 0.717) is 11.8 Å². The lowest BCUT2D eigenvalue weighted by molar-refractivity contribution is -0.219. The maximum Gasteiger partial charge on any atom is 0.157 e. The molecule has 2 aliphatic rings. The zero-order valence-electron chi connectivity index (χ0n) is 15.4. The molecule has 0 radical (unpaired) electrons. The van der Waals surface area contributed by atoms with Crippen molar-refractivity contribution < 1.29 is 18.9 Å². The van der Waals surface area contributed by atoms with Crippen LogP contribution in [0.3, 0.4) is 0 Å². The molecule has 0 amide bonds. The minimum Gasteiger partial charge on any atom is -0.352 e. The van der Waals surface area contributed by atoms with Gasteiger partial charge < -0.3 is 18.9 Å². The van der Waals surface area contributed by atoms with E-state index >= 15 is 0 Å². The second-order valence-electron chi connectivity index (χ2n) is 7.22. The molecular formula is C20H36O4. The van der Waals surface area contributed by atoms with Crippen LogP contribution in [0, 0.1) is 11.8 Å². The Labute approximate surface area is 147 Å². The van der Waals surface area contributed by atoms with Crippen LogP contribution >= 0.6 is 0 Å². The van der Waals surface area contributed by atoms with Crippen molar-refractivity contribution in [2.24, 2.45) is 11.8 Å². The highest BCUT2D eigenvalue weighted by atomic mass is 16.7. The third kappa shape index (κ3) is 7.64. The molecule has 4 nitrogen and oxygen atoms in total. The monoisotopic (exact) mass is 340 g/mol. The van der Waals surface area contributed by atoms with Crippen LogP contribution in [0.25, 0.3) is 0 Å². The van der Waals surface area contributed by atoms with Gasteiger partial charge in [-0.3, -0.25) is 0 Å². The summed E-state index contributed by atoms with van der Waals surface area (Å²) in [6.45, 7) is 9.28. The van der Waals surface area contributed by atoms with E-state index in [2.05, 4.69) is 13.5 Å². The normalized spacial score (nSPS) is 31.0. The molecule has 0 bridgehead atoms. The highest BCUT2D eigenvalue weighted by Crippen LogP contribution is 2.24. The number of allylic oxidation sites excluding steroid dienone is 1. The molecule has 2 aliphatic heterocycles. The Balaban J connectivity index is 1.50. The van der Waals surface area contributed by atoms with Crippen LogP contribution in [0.15, 0.2) is 12.7 Å². The zero-order chi connectivity index (χ0) is 17.0. The molecule has 4 heteroatoms. The van der Waals surface area contributed by atoms with Gasteiger partial charge in [0.2, 0.25) is 0 Å². The lowest BCUT2D eigenvalue weighted by Crippen LogP contribution is -2.35. The predicted octanol–water partition coefficient (Wildman–Crippen LogP) is 4.68. The molecule has 2 rings (SSSR count). The number of rotatable bonds is 11. The van der Waals surface area contributed by atoms with Crippen LogP contribution in [0.1, 0.15) is 64.7 Å². The molecule has 140 valence electrons. The lowest BCUT2D eigenvalue weighted by Gasteiger charge is -2.32. The fourth-order valence-corrected chi connectivity index (χ4v) is 3.32. The van der Waals surface area contributed by atoms with Crippen molar-refractivity contribution in [2.75, 3.05) is 26.4 Å². The molecule has 0 atom stereocenters. The smallest absolute Gasteiger partial charge is 0.157 e. The van der Waals surface area contributed by atoms with E-state index in [1.807, 2.05) is 6.08 Å². The lowest BCUT2D eigenvalue weighted by atomic mass is 10.0. The van der Waals surface area contributed by atoms with Crippen molar-refractivity contribution in [3.63, 3.8) is 0 Å². The molecule has 0 aliphatic carbocycles. The number of hydrogen-bond acceptors (Lipinski definition) is 4. The number of ether oxygens (including phenoxy) is 4. The Morgan fingerprint density at radius 3 is 1.92 bits per heavy atom. The first-order valence-corrected chi connectivity index (χ1v) is 9.89. The van der Waals surface area contributed by atoms with E-state index < -0.39 is 0 Å². The molecule has 2 heterocycles. The molecule has 0 aromatic heterocycles. The summed E-state index contributed by atoms with van der Waals surface area (Å²) >= 11 is 0. The van der Waals surface area contributed by atoms with Gasteiger partial charge in [-0.15, -0.1) is 6.58 Å². The van der Waals surface area contributed by atoms with Crippen LogP contribution in [-0.4, -0.2) is 39.0 Å². The molecule has 0 aromatic carbocycles. The molecule has 0 N–H and O–H groups in total. The molecule has 0 spiro atoms. The van der Waals surface area contributed by atoms with Gasteiger partial charge in [-0.2, -0.15) is 0 Å². The minimum absolute atomic E-state index is 0.0197. The minimum atomic E-state index is -0.0390. The summed E-state index contributed by atoms with van der Waals surface area (Å²) in [7, 11) is 0. The zero-order valence-corrected chi connectivity index (χ0v) is 15.4. The summed E-state index contributed by atoms with van der Waals surface area (Å²) in [4.78, 5) is 0. The van der Waals surface area contributed by atoms with Crippen LogP contribution in [0.4, 0.5) is 0 Å². The Morgan fingerprint density at radius 2 is 1.33 bits per heavy atom. The van der Waals surface area contributed by atoms with Gasteiger partial charge in [-0.05, 0) is 44.9 Å². The van der Waals surface area contributed by atoms with Gasteiger partial charge in [0.05, 0.1) is 26.4 Å². The molecule has 24 heavy (non-hydrogen) atoms. The fraction of sp³-hybridized carbons (Fsp3) is 0.900. The quantitative estimate of drug-likeness (QED) is 0.404. The highest BCUT2D eigenvalue weighted by Gasteiger charge is 2.25. The number of unbranched alkanes of at least 4 members (excludes halogenated alkanes) is 3. The summed E-state index contributed by atoms with van der Waals surface area (Å²) in [5, 5.41) is 0. The summed E-state index contributed by atoms with van der Waals surface area (Å²) < 4.78 is 23.4. The van der Waals surface area contributed by atoms with Gasteiger partial charge in [0.25, 0.3) is 0 Å². The maximum absolute atomic E-state index is 5.87. The third-order valence-corrected chi connectivity index (χ3v) is 4.95. The first kappa shape index (κ1) is 19.9. The van der Waals surface area contributed by atoms with E-state index in [1.165, 1.54) is 32.1 Å². The molecule has 2 saturated heterocycles. The second-order valence-corrected chi connectivity index (χ2v) is 7.22. The van der Waals surface area contributed by atoms with E-state index in [-0.39, 0.29) is 12.6 Å². The highest BCUT2D eigenvalue weighted by molar-refractivity contribution is 4.70.